The molecule has 3 aromatic rings. The summed E-state index contributed by atoms with van der Waals surface area (Å²) < 4.78 is 0. The van der Waals surface area contributed by atoms with Gasteiger partial charge in [0.1, 0.15) is 0 Å². The van der Waals surface area contributed by atoms with E-state index in [9.17, 15) is 4.79 Å². The normalized spacial score (nSPS) is 11.1. The quantitative estimate of drug-likeness (QED) is 0.262. The van der Waals surface area contributed by atoms with Gasteiger partial charge in [-0.1, -0.05) is 18.2 Å². The highest BCUT2D eigenvalue weighted by Crippen LogP contribution is 2.28. The SMILES string of the molecule is CCN(C)C=Nc1cc(C)c(Cc2nc(-c3ccc(C(=O)NC(C)(C)C)cc3)cs2)cc1C.Cl.Cl. The fraction of sp³-hybridized carbons (Fsp3) is 0.370. The lowest BCUT2D eigenvalue weighted by Gasteiger charge is -2.20. The van der Waals surface area contributed by atoms with Gasteiger partial charge in [0.25, 0.3) is 5.91 Å². The molecule has 0 aliphatic heterocycles. The van der Waals surface area contributed by atoms with E-state index < -0.39 is 0 Å². The third-order valence-corrected chi connectivity index (χ3v) is 6.22. The van der Waals surface area contributed by atoms with Gasteiger partial charge in [0.2, 0.25) is 0 Å². The zero-order chi connectivity index (χ0) is 24.2. The van der Waals surface area contributed by atoms with Gasteiger partial charge >= 0.3 is 0 Å². The first-order valence-corrected chi connectivity index (χ1v) is 12.2. The summed E-state index contributed by atoms with van der Waals surface area (Å²) in [6, 6.07) is 12.0. The maximum absolute atomic E-state index is 12.4. The standard InChI is InChI=1S/C27H34N4OS.2ClH/c1-8-31(7)17-28-23-14-18(2)22(13-19(23)3)15-25-29-24(16-33-25)20-9-11-21(12-10-20)26(32)30-27(4,5)6;;/h9-14,16-17H,8,15H2,1-7H3,(H,30,32);2*1H. The van der Waals surface area contributed by atoms with Crippen molar-refractivity contribution in [3.05, 3.63) is 69.0 Å². The summed E-state index contributed by atoms with van der Waals surface area (Å²) in [6.45, 7) is 13.2. The number of nitrogens with zero attached hydrogens (tertiary/aromatic N) is 3. The van der Waals surface area contributed by atoms with Crippen molar-refractivity contribution in [1.82, 2.24) is 15.2 Å². The molecule has 0 saturated carbocycles. The second-order valence-electron chi connectivity index (χ2n) is 9.47. The van der Waals surface area contributed by atoms with E-state index in [-0.39, 0.29) is 36.3 Å². The Morgan fingerprint density at radius 3 is 2.37 bits per heavy atom. The van der Waals surface area contributed by atoms with Gasteiger partial charge in [-0.15, -0.1) is 36.2 Å². The van der Waals surface area contributed by atoms with E-state index in [2.05, 4.69) is 53.5 Å². The van der Waals surface area contributed by atoms with Crippen molar-refractivity contribution in [3.8, 4) is 11.3 Å². The number of thiazole rings is 1. The highest BCUT2D eigenvalue weighted by molar-refractivity contribution is 7.10. The minimum atomic E-state index is -0.257. The molecule has 0 spiro atoms. The number of carbonyl (C=O) groups is 1. The van der Waals surface area contributed by atoms with Crippen molar-refractivity contribution in [1.29, 1.82) is 0 Å². The van der Waals surface area contributed by atoms with Crippen molar-refractivity contribution < 1.29 is 4.79 Å². The van der Waals surface area contributed by atoms with Gasteiger partial charge < -0.3 is 10.2 Å². The molecule has 0 saturated heterocycles. The molecule has 0 fully saturated rings. The predicted molar refractivity (Wildman–Crippen MR) is 154 cm³/mol. The molecular weight excluding hydrogens is 499 g/mol. The van der Waals surface area contributed by atoms with E-state index in [0.717, 1.165) is 40.5 Å². The van der Waals surface area contributed by atoms with E-state index in [1.807, 2.05) is 58.4 Å². The van der Waals surface area contributed by atoms with Crippen LogP contribution in [0.3, 0.4) is 0 Å². The van der Waals surface area contributed by atoms with Crippen molar-refractivity contribution in [3.63, 3.8) is 0 Å². The van der Waals surface area contributed by atoms with Gasteiger partial charge in [-0.2, -0.15) is 0 Å². The van der Waals surface area contributed by atoms with Crippen LogP contribution in [0.15, 0.2) is 46.8 Å². The summed E-state index contributed by atoms with van der Waals surface area (Å²) in [5, 5.41) is 6.15. The van der Waals surface area contributed by atoms with Crippen molar-refractivity contribution in [2.24, 2.45) is 4.99 Å². The smallest absolute Gasteiger partial charge is 0.251 e. The second kappa shape index (κ2) is 13.1. The Morgan fingerprint density at radius 1 is 1.11 bits per heavy atom. The Balaban J connectivity index is 0.00000306. The summed E-state index contributed by atoms with van der Waals surface area (Å²) in [6.07, 6.45) is 2.68. The molecule has 0 radical (unpaired) electrons. The molecule has 1 N–H and O–H groups in total. The number of rotatable bonds is 7. The number of hydrogen-bond donors (Lipinski definition) is 1. The highest BCUT2D eigenvalue weighted by atomic mass is 35.5. The third kappa shape index (κ3) is 8.64. The molecule has 5 nitrogen and oxygen atoms in total. The predicted octanol–water partition coefficient (Wildman–Crippen LogP) is 7.00. The summed E-state index contributed by atoms with van der Waals surface area (Å²) in [5.41, 5.74) is 7.01. The molecule has 1 amide bonds. The molecule has 0 unspecified atom stereocenters. The minimum Gasteiger partial charge on any atom is -0.366 e. The number of aromatic nitrogens is 1. The number of amides is 1. The fourth-order valence-corrected chi connectivity index (χ4v) is 4.15. The molecule has 2 aromatic carbocycles. The van der Waals surface area contributed by atoms with Gasteiger partial charge in [-0.25, -0.2) is 9.98 Å². The van der Waals surface area contributed by atoms with Gasteiger partial charge in [-0.05, 0) is 76.4 Å². The molecule has 3 rings (SSSR count). The van der Waals surface area contributed by atoms with E-state index >= 15 is 0 Å². The number of halogens is 2. The Morgan fingerprint density at radius 2 is 1.77 bits per heavy atom. The zero-order valence-corrected chi connectivity index (χ0v) is 24.0. The van der Waals surface area contributed by atoms with E-state index in [1.165, 1.54) is 11.1 Å². The number of benzene rings is 2. The molecule has 35 heavy (non-hydrogen) atoms. The first-order chi connectivity index (χ1) is 15.6. The monoisotopic (exact) mass is 534 g/mol. The first-order valence-electron chi connectivity index (χ1n) is 11.3. The topological polar surface area (TPSA) is 57.6 Å². The van der Waals surface area contributed by atoms with Crippen LogP contribution >= 0.6 is 36.2 Å². The number of aryl methyl sites for hydroxylation is 2. The first kappa shape index (κ1) is 30.6. The van der Waals surface area contributed by atoms with Crippen LogP contribution in [0.1, 0.15) is 59.8 Å². The van der Waals surface area contributed by atoms with Crippen LogP contribution in [0.25, 0.3) is 11.3 Å². The maximum Gasteiger partial charge on any atom is 0.251 e. The van der Waals surface area contributed by atoms with Crippen LogP contribution in [0.4, 0.5) is 5.69 Å². The summed E-state index contributed by atoms with van der Waals surface area (Å²) >= 11 is 1.67. The summed E-state index contributed by atoms with van der Waals surface area (Å²) in [5.74, 6) is -0.0621. The Bertz CT molecular complexity index is 1150. The lowest BCUT2D eigenvalue weighted by Crippen LogP contribution is -2.40. The van der Waals surface area contributed by atoms with E-state index in [4.69, 9.17) is 4.98 Å². The Labute approximate surface area is 225 Å². The van der Waals surface area contributed by atoms with Gasteiger partial charge in [0.15, 0.2) is 0 Å². The number of carbonyl (C=O) groups excluding carboxylic acids is 1. The van der Waals surface area contributed by atoms with Crippen LogP contribution in [0.5, 0.6) is 0 Å². The average Bonchev–Trinajstić information content (AvgIpc) is 3.22. The van der Waals surface area contributed by atoms with E-state index in [0.29, 0.717) is 5.56 Å². The van der Waals surface area contributed by atoms with Crippen LogP contribution < -0.4 is 5.32 Å². The van der Waals surface area contributed by atoms with Crippen LogP contribution in [0, 0.1) is 13.8 Å². The number of aliphatic imine (C=N–C) groups is 1. The molecule has 0 atom stereocenters. The lowest BCUT2D eigenvalue weighted by atomic mass is 10.0. The molecule has 0 aliphatic rings. The largest absolute Gasteiger partial charge is 0.366 e. The van der Waals surface area contributed by atoms with Crippen LogP contribution in [-0.2, 0) is 6.42 Å². The minimum absolute atomic E-state index is 0. The maximum atomic E-state index is 12.4. The highest BCUT2D eigenvalue weighted by Gasteiger charge is 2.15. The average molecular weight is 536 g/mol. The molecule has 190 valence electrons. The summed E-state index contributed by atoms with van der Waals surface area (Å²) in [7, 11) is 2.02. The number of hydrogen-bond acceptors (Lipinski definition) is 4. The molecule has 1 heterocycles. The second-order valence-corrected chi connectivity index (χ2v) is 10.4. The van der Waals surface area contributed by atoms with Gasteiger partial charge in [0.05, 0.1) is 22.7 Å². The van der Waals surface area contributed by atoms with E-state index in [1.54, 1.807) is 11.3 Å². The molecule has 8 heteroatoms. The fourth-order valence-electron chi connectivity index (χ4n) is 3.33. The lowest BCUT2D eigenvalue weighted by molar-refractivity contribution is 0.0919. The van der Waals surface area contributed by atoms with Crippen molar-refractivity contribution >= 4 is 54.1 Å². The molecule has 1 aromatic heterocycles. The molecule has 0 bridgehead atoms. The van der Waals surface area contributed by atoms with Gasteiger partial charge in [0, 0.05) is 42.1 Å². The van der Waals surface area contributed by atoms with Crippen LogP contribution in [0.2, 0.25) is 0 Å². The summed E-state index contributed by atoms with van der Waals surface area (Å²) in [4.78, 5) is 23.9. The number of nitrogens with one attached hydrogen (secondary N) is 1. The van der Waals surface area contributed by atoms with Gasteiger partial charge in [-0.3, -0.25) is 4.79 Å². The molecular formula is C27H36Cl2N4OS. The van der Waals surface area contributed by atoms with Crippen molar-refractivity contribution in [2.45, 2.75) is 53.5 Å². The van der Waals surface area contributed by atoms with Crippen LogP contribution in [-0.4, -0.2) is 41.3 Å². The van der Waals surface area contributed by atoms with Crippen molar-refractivity contribution in [2.75, 3.05) is 13.6 Å². The Hall–Kier alpha value is -2.41. The Kier molecular flexibility index (Phi) is 11.4. The zero-order valence-electron chi connectivity index (χ0n) is 21.5. The molecule has 0 aliphatic carbocycles. The third-order valence-electron chi connectivity index (χ3n) is 5.37.